The maximum atomic E-state index is 13.3. The van der Waals surface area contributed by atoms with Crippen molar-refractivity contribution in [1.82, 2.24) is 0 Å². The first-order valence-corrected chi connectivity index (χ1v) is 5.85. The number of carboxylic acid groups (broad SMARTS) is 1. The second-order valence-electron chi connectivity index (χ2n) is 4.29. The number of aliphatic hydroxyl groups excluding tert-OH is 1. The molecule has 1 aromatic rings. The number of aromatic carboxylic acids is 1. The van der Waals surface area contributed by atoms with Crippen molar-refractivity contribution < 1.29 is 28.9 Å². The molecule has 0 aromatic heterocycles. The molecule has 2 N–H and O–H groups in total. The van der Waals surface area contributed by atoms with Crippen LogP contribution in [0.3, 0.4) is 0 Å². The fraction of sp³-hybridized carbons (Fsp3) is 0.462. The number of benzene rings is 1. The minimum absolute atomic E-state index is 0.00180. The van der Waals surface area contributed by atoms with Gasteiger partial charge in [0.15, 0.2) is 0 Å². The van der Waals surface area contributed by atoms with Crippen molar-refractivity contribution in [3.05, 3.63) is 29.6 Å². The third-order valence-corrected chi connectivity index (χ3v) is 2.24. The van der Waals surface area contributed by atoms with E-state index >= 15 is 0 Å². The SMILES string of the molecule is CC(C)OCC(O)COc1ccc(C(=O)O)c(F)c1. The van der Waals surface area contributed by atoms with Gasteiger partial charge in [-0.3, -0.25) is 0 Å². The van der Waals surface area contributed by atoms with E-state index in [1.807, 2.05) is 13.8 Å². The number of carbonyl (C=O) groups is 1. The molecule has 1 rings (SSSR count). The van der Waals surface area contributed by atoms with Crippen LogP contribution < -0.4 is 4.74 Å². The molecule has 19 heavy (non-hydrogen) atoms. The van der Waals surface area contributed by atoms with Crippen molar-refractivity contribution in [2.45, 2.75) is 26.1 Å². The lowest BCUT2D eigenvalue weighted by Gasteiger charge is -2.14. The van der Waals surface area contributed by atoms with E-state index in [2.05, 4.69) is 0 Å². The minimum atomic E-state index is -1.34. The monoisotopic (exact) mass is 272 g/mol. The summed E-state index contributed by atoms with van der Waals surface area (Å²) in [5, 5.41) is 18.2. The van der Waals surface area contributed by atoms with E-state index in [4.69, 9.17) is 14.6 Å². The number of aliphatic hydroxyl groups is 1. The molecular weight excluding hydrogens is 255 g/mol. The number of hydrogen-bond acceptors (Lipinski definition) is 4. The van der Waals surface area contributed by atoms with Gasteiger partial charge in [0, 0.05) is 6.07 Å². The largest absolute Gasteiger partial charge is 0.491 e. The van der Waals surface area contributed by atoms with Crippen LogP contribution in [0.5, 0.6) is 5.75 Å². The number of ether oxygens (including phenoxy) is 2. The predicted octanol–water partition coefficient (Wildman–Crippen LogP) is 1.69. The minimum Gasteiger partial charge on any atom is -0.491 e. The van der Waals surface area contributed by atoms with Crippen molar-refractivity contribution in [1.29, 1.82) is 0 Å². The lowest BCUT2D eigenvalue weighted by Crippen LogP contribution is -2.25. The Morgan fingerprint density at radius 1 is 1.37 bits per heavy atom. The van der Waals surface area contributed by atoms with Gasteiger partial charge in [-0.1, -0.05) is 0 Å². The topological polar surface area (TPSA) is 76.0 Å². The molecular formula is C13H17FO5. The van der Waals surface area contributed by atoms with Crippen molar-refractivity contribution in [3.63, 3.8) is 0 Å². The van der Waals surface area contributed by atoms with Gasteiger partial charge < -0.3 is 19.7 Å². The van der Waals surface area contributed by atoms with Crippen LogP contribution in [-0.2, 0) is 4.74 Å². The lowest BCUT2D eigenvalue weighted by atomic mass is 10.2. The standard InChI is InChI=1S/C13H17FO5/c1-8(2)18-6-9(15)7-19-10-3-4-11(13(16)17)12(14)5-10/h3-5,8-9,15H,6-7H2,1-2H3,(H,16,17). The van der Waals surface area contributed by atoms with Crippen LogP contribution in [0.25, 0.3) is 0 Å². The number of hydrogen-bond donors (Lipinski definition) is 2. The molecule has 0 saturated heterocycles. The summed E-state index contributed by atoms with van der Waals surface area (Å²) in [7, 11) is 0. The normalized spacial score (nSPS) is 12.5. The van der Waals surface area contributed by atoms with Gasteiger partial charge in [-0.05, 0) is 26.0 Å². The van der Waals surface area contributed by atoms with Gasteiger partial charge in [-0.15, -0.1) is 0 Å². The van der Waals surface area contributed by atoms with Crippen LogP contribution in [0.1, 0.15) is 24.2 Å². The third kappa shape index (κ3) is 5.23. The van der Waals surface area contributed by atoms with Crippen LogP contribution in [0.2, 0.25) is 0 Å². The van der Waals surface area contributed by atoms with E-state index < -0.39 is 23.5 Å². The zero-order chi connectivity index (χ0) is 14.4. The number of rotatable bonds is 7. The lowest BCUT2D eigenvalue weighted by molar-refractivity contribution is -0.0123. The molecule has 0 amide bonds. The molecule has 0 aliphatic carbocycles. The third-order valence-electron chi connectivity index (χ3n) is 2.24. The Bertz CT molecular complexity index is 433. The second-order valence-corrected chi connectivity index (χ2v) is 4.29. The first-order chi connectivity index (χ1) is 8.90. The molecule has 1 aromatic carbocycles. The van der Waals surface area contributed by atoms with Crippen molar-refractivity contribution in [2.75, 3.05) is 13.2 Å². The molecule has 5 nitrogen and oxygen atoms in total. The summed E-state index contributed by atoms with van der Waals surface area (Å²) >= 11 is 0. The molecule has 0 aliphatic rings. The highest BCUT2D eigenvalue weighted by Gasteiger charge is 2.12. The summed E-state index contributed by atoms with van der Waals surface area (Å²) in [4.78, 5) is 10.6. The van der Waals surface area contributed by atoms with Gasteiger partial charge in [-0.2, -0.15) is 0 Å². The van der Waals surface area contributed by atoms with E-state index in [9.17, 15) is 14.3 Å². The highest BCUT2D eigenvalue weighted by atomic mass is 19.1. The molecule has 0 heterocycles. The first-order valence-electron chi connectivity index (χ1n) is 5.85. The molecule has 1 unspecified atom stereocenters. The first kappa shape index (κ1) is 15.4. The summed E-state index contributed by atoms with van der Waals surface area (Å²) in [6.07, 6.45) is -0.827. The van der Waals surface area contributed by atoms with E-state index in [0.29, 0.717) is 0 Å². The molecule has 0 fully saturated rings. The van der Waals surface area contributed by atoms with Crippen LogP contribution in [-0.4, -0.2) is 41.6 Å². The van der Waals surface area contributed by atoms with Gasteiger partial charge in [-0.25, -0.2) is 9.18 Å². The van der Waals surface area contributed by atoms with Crippen molar-refractivity contribution >= 4 is 5.97 Å². The maximum absolute atomic E-state index is 13.3. The van der Waals surface area contributed by atoms with Crippen LogP contribution in [0, 0.1) is 5.82 Å². The number of carboxylic acids is 1. The van der Waals surface area contributed by atoms with Gasteiger partial charge in [0.2, 0.25) is 0 Å². The smallest absolute Gasteiger partial charge is 0.338 e. The Labute approximate surface area is 110 Å². The van der Waals surface area contributed by atoms with E-state index in [-0.39, 0.29) is 25.1 Å². The molecule has 0 spiro atoms. The molecule has 1 atom stereocenters. The van der Waals surface area contributed by atoms with E-state index in [0.717, 1.165) is 12.1 Å². The summed E-state index contributed by atoms with van der Waals surface area (Å²) in [5.74, 6) is -2.06. The van der Waals surface area contributed by atoms with Crippen LogP contribution in [0.4, 0.5) is 4.39 Å². The predicted molar refractivity (Wildman–Crippen MR) is 65.9 cm³/mol. The van der Waals surface area contributed by atoms with Gasteiger partial charge in [0.25, 0.3) is 0 Å². The maximum Gasteiger partial charge on any atom is 0.338 e. The Kier molecular flexibility index (Phi) is 5.72. The number of halogens is 1. The van der Waals surface area contributed by atoms with Gasteiger partial charge >= 0.3 is 5.97 Å². The molecule has 6 heteroatoms. The second kappa shape index (κ2) is 7.06. The Balaban J connectivity index is 2.50. The summed E-state index contributed by atoms with van der Waals surface area (Å²) in [6.45, 7) is 3.74. The highest BCUT2D eigenvalue weighted by Crippen LogP contribution is 2.17. The quantitative estimate of drug-likeness (QED) is 0.790. The summed E-state index contributed by atoms with van der Waals surface area (Å²) in [5.41, 5.74) is -0.420. The van der Waals surface area contributed by atoms with Crippen LogP contribution >= 0.6 is 0 Å². The van der Waals surface area contributed by atoms with Crippen molar-refractivity contribution in [2.24, 2.45) is 0 Å². The average Bonchev–Trinajstić information content (AvgIpc) is 2.33. The highest BCUT2D eigenvalue weighted by molar-refractivity contribution is 5.88. The fourth-order valence-corrected chi connectivity index (χ4v) is 1.30. The molecule has 0 saturated carbocycles. The van der Waals surface area contributed by atoms with Gasteiger partial charge in [0.1, 0.15) is 24.3 Å². The Hall–Kier alpha value is -1.66. The molecule has 0 aliphatic heterocycles. The van der Waals surface area contributed by atoms with Crippen molar-refractivity contribution in [3.8, 4) is 5.75 Å². The summed E-state index contributed by atoms with van der Waals surface area (Å²) in [6, 6.07) is 3.42. The van der Waals surface area contributed by atoms with E-state index in [1.54, 1.807) is 0 Å². The Morgan fingerprint density at radius 3 is 2.58 bits per heavy atom. The zero-order valence-electron chi connectivity index (χ0n) is 10.8. The fourth-order valence-electron chi connectivity index (χ4n) is 1.30. The van der Waals surface area contributed by atoms with Gasteiger partial charge in [0.05, 0.1) is 18.3 Å². The summed E-state index contributed by atoms with van der Waals surface area (Å²) < 4.78 is 23.7. The van der Waals surface area contributed by atoms with E-state index in [1.165, 1.54) is 6.07 Å². The molecule has 0 radical (unpaired) electrons. The molecule has 0 bridgehead atoms. The Morgan fingerprint density at radius 2 is 2.05 bits per heavy atom. The molecule has 106 valence electrons. The average molecular weight is 272 g/mol. The zero-order valence-corrected chi connectivity index (χ0v) is 10.8. The van der Waals surface area contributed by atoms with Crippen LogP contribution in [0.15, 0.2) is 18.2 Å².